The van der Waals surface area contributed by atoms with Crippen molar-refractivity contribution in [3.63, 3.8) is 0 Å². The Bertz CT molecular complexity index is 1030. The molecule has 9 heteroatoms. The molecule has 0 bridgehead atoms. The number of hydrogen-bond donors (Lipinski definition) is 2. The highest BCUT2D eigenvalue weighted by molar-refractivity contribution is 5.85. The van der Waals surface area contributed by atoms with E-state index in [1.807, 2.05) is 12.1 Å². The van der Waals surface area contributed by atoms with Crippen molar-refractivity contribution in [1.29, 1.82) is 0 Å². The molecule has 4 rings (SSSR count). The van der Waals surface area contributed by atoms with E-state index in [-0.39, 0.29) is 54.5 Å². The number of amides is 1. The molecule has 1 atom stereocenters. The molecule has 0 spiro atoms. The molecule has 0 aliphatic carbocycles. The van der Waals surface area contributed by atoms with Gasteiger partial charge < -0.3 is 15.1 Å². The maximum atomic E-state index is 13.8. The summed E-state index contributed by atoms with van der Waals surface area (Å²) in [6, 6.07) is 11.6. The highest BCUT2D eigenvalue weighted by Crippen LogP contribution is 2.25. The number of fused-ring (bicyclic) bond motifs is 1. The van der Waals surface area contributed by atoms with Gasteiger partial charge in [0.25, 0.3) is 0 Å². The van der Waals surface area contributed by atoms with Gasteiger partial charge in [-0.15, -0.1) is 24.8 Å². The van der Waals surface area contributed by atoms with Crippen LogP contribution in [0, 0.1) is 11.6 Å². The number of nitrogens with zero attached hydrogens (tertiary/aromatic N) is 1. The highest BCUT2D eigenvalue weighted by Gasteiger charge is 2.19. The van der Waals surface area contributed by atoms with E-state index in [0.29, 0.717) is 18.9 Å². The van der Waals surface area contributed by atoms with E-state index in [1.54, 1.807) is 0 Å². The predicted molar refractivity (Wildman–Crippen MR) is 119 cm³/mol. The van der Waals surface area contributed by atoms with Crippen LogP contribution in [0.4, 0.5) is 8.78 Å². The van der Waals surface area contributed by atoms with Gasteiger partial charge in [-0.2, -0.15) is 0 Å². The molecule has 1 aromatic heterocycles. The van der Waals surface area contributed by atoms with E-state index in [1.165, 1.54) is 23.4 Å². The van der Waals surface area contributed by atoms with Crippen LogP contribution in [0.25, 0.3) is 11.3 Å². The van der Waals surface area contributed by atoms with Crippen LogP contribution in [-0.2, 0) is 17.6 Å². The molecular weight excluding hydrogens is 447 g/mol. The fraction of sp³-hybridized carbons (Fsp3) is 0.273. The first-order chi connectivity index (χ1) is 14.1. The second-order valence-corrected chi connectivity index (χ2v) is 7.00. The molecule has 0 saturated heterocycles. The first kappa shape index (κ1) is 24.8. The molecule has 0 radical (unpaired) electrons. The Morgan fingerprint density at radius 3 is 2.81 bits per heavy atom. The van der Waals surface area contributed by atoms with Gasteiger partial charge in [0.2, 0.25) is 5.91 Å². The fourth-order valence-electron chi connectivity index (χ4n) is 3.54. The Morgan fingerprint density at radius 2 is 2.00 bits per heavy atom. The van der Waals surface area contributed by atoms with Crippen molar-refractivity contribution in [3.8, 4) is 11.3 Å². The van der Waals surface area contributed by atoms with Crippen LogP contribution >= 0.6 is 24.8 Å². The summed E-state index contributed by atoms with van der Waals surface area (Å²) in [4.78, 5) is 16.3. The Kier molecular flexibility index (Phi) is 8.98. The lowest BCUT2D eigenvalue weighted by molar-refractivity contribution is -0.121. The SMILES string of the molecule is Cl.Cl.O=C(CCc1ncc(-c2ccc(F)cc2F)o1)NCC1NCCc2ccccc21. The van der Waals surface area contributed by atoms with Crippen LogP contribution in [0.1, 0.15) is 29.5 Å². The number of aromatic nitrogens is 1. The largest absolute Gasteiger partial charge is 0.441 e. The molecule has 0 saturated carbocycles. The van der Waals surface area contributed by atoms with Crippen molar-refractivity contribution in [2.75, 3.05) is 13.1 Å². The van der Waals surface area contributed by atoms with Gasteiger partial charge in [-0.1, -0.05) is 24.3 Å². The highest BCUT2D eigenvalue weighted by atomic mass is 35.5. The maximum absolute atomic E-state index is 13.8. The molecule has 31 heavy (non-hydrogen) atoms. The van der Waals surface area contributed by atoms with Gasteiger partial charge in [-0.05, 0) is 36.2 Å². The quantitative estimate of drug-likeness (QED) is 0.561. The van der Waals surface area contributed by atoms with Crippen LogP contribution in [0.15, 0.2) is 53.1 Å². The summed E-state index contributed by atoms with van der Waals surface area (Å²) in [5, 5.41) is 6.37. The average Bonchev–Trinajstić information content (AvgIpc) is 3.19. The molecule has 166 valence electrons. The second kappa shape index (κ2) is 11.2. The van der Waals surface area contributed by atoms with E-state index in [2.05, 4.69) is 27.8 Å². The summed E-state index contributed by atoms with van der Waals surface area (Å²) in [6.45, 7) is 1.39. The van der Waals surface area contributed by atoms with Gasteiger partial charge in [0, 0.05) is 31.5 Å². The van der Waals surface area contributed by atoms with Crippen LogP contribution in [0.3, 0.4) is 0 Å². The number of carbonyl (C=O) groups is 1. The number of oxazole rings is 1. The molecule has 2 N–H and O–H groups in total. The molecule has 1 aliphatic rings. The average molecular weight is 470 g/mol. The van der Waals surface area contributed by atoms with Gasteiger partial charge in [-0.3, -0.25) is 4.79 Å². The number of nitrogens with one attached hydrogen (secondary N) is 2. The summed E-state index contributed by atoms with van der Waals surface area (Å²) in [5.41, 5.74) is 2.67. The smallest absolute Gasteiger partial charge is 0.220 e. The Labute approximate surface area is 191 Å². The fourth-order valence-corrected chi connectivity index (χ4v) is 3.54. The van der Waals surface area contributed by atoms with Crippen molar-refractivity contribution in [1.82, 2.24) is 15.6 Å². The molecule has 2 aromatic carbocycles. The van der Waals surface area contributed by atoms with Gasteiger partial charge in [0.15, 0.2) is 11.7 Å². The van der Waals surface area contributed by atoms with E-state index in [9.17, 15) is 13.6 Å². The Hall–Kier alpha value is -2.48. The van der Waals surface area contributed by atoms with E-state index in [4.69, 9.17) is 4.42 Å². The monoisotopic (exact) mass is 469 g/mol. The van der Waals surface area contributed by atoms with Crippen molar-refractivity contribution >= 4 is 30.7 Å². The lowest BCUT2D eigenvalue weighted by Gasteiger charge is -2.27. The molecule has 5 nitrogen and oxygen atoms in total. The number of rotatable bonds is 6. The van der Waals surface area contributed by atoms with Crippen LogP contribution < -0.4 is 10.6 Å². The molecule has 1 unspecified atom stereocenters. The van der Waals surface area contributed by atoms with Gasteiger partial charge >= 0.3 is 0 Å². The van der Waals surface area contributed by atoms with Gasteiger partial charge in [0.05, 0.1) is 11.8 Å². The first-order valence-electron chi connectivity index (χ1n) is 9.58. The summed E-state index contributed by atoms with van der Waals surface area (Å²) in [7, 11) is 0. The van der Waals surface area contributed by atoms with Crippen molar-refractivity contribution in [2.45, 2.75) is 25.3 Å². The number of benzene rings is 2. The summed E-state index contributed by atoms with van der Waals surface area (Å²) < 4.78 is 32.4. The number of halogens is 4. The second-order valence-electron chi connectivity index (χ2n) is 7.00. The number of carbonyl (C=O) groups excluding carboxylic acids is 1. The third kappa shape index (κ3) is 6.03. The normalized spacial score (nSPS) is 14.7. The molecule has 1 aliphatic heterocycles. The van der Waals surface area contributed by atoms with E-state index < -0.39 is 11.6 Å². The molecule has 1 amide bonds. The zero-order chi connectivity index (χ0) is 20.2. The van der Waals surface area contributed by atoms with Crippen LogP contribution in [0.2, 0.25) is 0 Å². The summed E-state index contributed by atoms with van der Waals surface area (Å²) in [5.74, 6) is -0.938. The van der Waals surface area contributed by atoms with Crippen LogP contribution in [0.5, 0.6) is 0 Å². The Balaban J connectivity index is 0.00000171. The van der Waals surface area contributed by atoms with Gasteiger partial charge in [0.1, 0.15) is 11.6 Å². The Morgan fingerprint density at radius 1 is 1.19 bits per heavy atom. The molecule has 2 heterocycles. The van der Waals surface area contributed by atoms with Crippen molar-refractivity contribution < 1.29 is 18.0 Å². The first-order valence-corrected chi connectivity index (χ1v) is 9.58. The summed E-state index contributed by atoms with van der Waals surface area (Å²) in [6.07, 6.45) is 2.87. The van der Waals surface area contributed by atoms with E-state index >= 15 is 0 Å². The molecule has 0 fully saturated rings. The minimum Gasteiger partial charge on any atom is -0.441 e. The standard InChI is InChI=1S/C22H21F2N3O2.2ClH/c23-15-5-6-17(18(24)11-15)20-13-27-22(29-20)8-7-21(28)26-12-19-16-4-2-1-3-14(16)9-10-25-19;;/h1-6,11,13,19,25H,7-10,12H2,(H,26,28);2*1H. The number of hydrogen-bond acceptors (Lipinski definition) is 4. The lowest BCUT2D eigenvalue weighted by atomic mass is 9.94. The van der Waals surface area contributed by atoms with E-state index in [0.717, 1.165) is 25.1 Å². The zero-order valence-corrected chi connectivity index (χ0v) is 18.2. The van der Waals surface area contributed by atoms with Crippen LogP contribution in [-0.4, -0.2) is 24.0 Å². The lowest BCUT2D eigenvalue weighted by Crippen LogP contribution is -2.38. The maximum Gasteiger partial charge on any atom is 0.220 e. The van der Waals surface area contributed by atoms with Crippen molar-refractivity contribution in [3.05, 3.63) is 77.3 Å². The third-order valence-electron chi connectivity index (χ3n) is 5.04. The predicted octanol–water partition coefficient (Wildman–Crippen LogP) is 4.40. The number of aryl methyl sites for hydroxylation is 1. The van der Waals surface area contributed by atoms with Gasteiger partial charge in [-0.25, -0.2) is 13.8 Å². The molecular formula is C22H23Cl2F2N3O2. The zero-order valence-electron chi connectivity index (χ0n) is 16.6. The van der Waals surface area contributed by atoms with Crippen molar-refractivity contribution in [2.24, 2.45) is 0 Å². The molecule has 3 aromatic rings. The third-order valence-corrected chi connectivity index (χ3v) is 5.04. The summed E-state index contributed by atoms with van der Waals surface area (Å²) >= 11 is 0. The minimum atomic E-state index is -0.717. The topological polar surface area (TPSA) is 67.2 Å². The minimum absolute atomic E-state index is 0.